The van der Waals surface area contributed by atoms with E-state index in [-0.39, 0.29) is 4.90 Å². The van der Waals surface area contributed by atoms with Crippen LogP contribution in [0, 0.1) is 0 Å². The summed E-state index contributed by atoms with van der Waals surface area (Å²) in [6.07, 6.45) is 1.61. The highest BCUT2D eigenvalue weighted by Crippen LogP contribution is 2.12. The largest absolute Gasteiger partial charge is 0.268 e. The molecule has 0 unspecified atom stereocenters. The minimum atomic E-state index is -3.87. The van der Waals surface area contributed by atoms with Gasteiger partial charge in [-0.1, -0.05) is 43.0 Å². The molecular formula is C15H13NO3S. The number of hydrogen-bond acceptors (Lipinski definition) is 3. The van der Waals surface area contributed by atoms with Gasteiger partial charge in [0.15, 0.2) is 0 Å². The highest BCUT2D eigenvalue weighted by atomic mass is 32.2. The Balaban J connectivity index is 2.22. The standard InChI is InChI=1S/C15H13NO3S/c1-2-12-8-10-14(11-9-12)20(18,19)16-15(17)13-6-4-3-5-7-13/h2-11H,1H2,(H,16,17). The molecule has 0 aliphatic heterocycles. The zero-order valence-corrected chi connectivity index (χ0v) is 11.4. The molecule has 4 nitrogen and oxygen atoms in total. The summed E-state index contributed by atoms with van der Waals surface area (Å²) < 4.78 is 26.1. The van der Waals surface area contributed by atoms with Crippen molar-refractivity contribution >= 4 is 22.0 Å². The van der Waals surface area contributed by atoms with Gasteiger partial charge in [-0.15, -0.1) is 0 Å². The van der Waals surface area contributed by atoms with E-state index in [2.05, 4.69) is 6.58 Å². The second-order valence-corrected chi connectivity index (χ2v) is 5.76. The number of benzene rings is 2. The molecule has 2 rings (SSSR count). The molecule has 102 valence electrons. The van der Waals surface area contributed by atoms with E-state index >= 15 is 0 Å². The third-order valence-electron chi connectivity index (χ3n) is 2.69. The Morgan fingerprint density at radius 3 is 2.15 bits per heavy atom. The maximum atomic E-state index is 12.1. The number of carbonyl (C=O) groups is 1. The molecule has 0 spiro atoms. The van der Waals surface area contributed by atoms with Crippen molar-refractivity contribution in [3.63, 3.8) is 0 Å². The first-order chi connectivity index (χ1) is 9.53. The van der Waals surface area contributed by atoms with Gasteiger partial charge < -0.3 is 0 Å². The van der Waals surface area contributed by atoms with Gasteiger partial charge in [0.1, 0.15) is 0 Å². The second-order valence-electron chi connectivity index (χ2n) is 4.07. The van der Waals surface area contributed by atoms with Crippen LogP contribution in [0.5, 0.6) is 0 Å². The van der Waals surface area contributed by atoms with E-state index < -0.39 is 15.9 Å². The molecule has 5 heteroatoms. The van der Waals surface area contributed by atoms with Crippen molar-refractivity contribution in [2.75, 3.05) is 0 Å². The number of hydrogen-bond donors (Lipinski definition) is 1. The van der Waals surface area contributed by atoms with E-state index in [1.807, 2.05) is 4.72 Å². The monoisotopic (exact) mass is 287 g/mol. The van der Waals surface area contributed by atoms with Gasteiger partial charge in [-0.05, 0) is 29.8 Å². The van der Waals surface area contributed by atoms with Crippen LogP contribution in [0.15, 0.2) is 66.1 Å². The van der Waals surface area contributed by atoms with Crippen molar-refractivity contribution in [2.24, 2.45) is 0 Å². The fourth-order valence-electron chi connectivity index (χ4n) is 1.61. The molecule has 0 heterocycles. The lowest BCUT2D eigenvalue weighted by Gasteiger charge is -2.07. The van der Waals surface area contributed by atoms with Gasteiger partial charge in [0.2, 0.25) is 0 Å². The fourth-order valence-corrected chi connectivity index (χ4v) is 2.59. The van der Waals surface area contributed by atoms with Crippen LogP contribution < -0.4 is 4.72 Å². The molecule has 1 amide bonds. The van der Waals surface area contributed by atoms with Crippen LogP contribution in [-0.2, 0) is 10.0 Å². The molecule has 1 N–H and O–H groups in total. The first-order valence-corrected chi connectivity index (χ1v) is 7.36. The molecule has 0 atom stereocenters. The SMILES string of the molecule is C=Cc1ccc(S(=O)(=O)NC(=O)c2ccccc2)cc1. The van der Waals surface area contributed by atoms with Crippen molar-refractivity contribution in [1.82, 2.24) is 4.72 Å². The minimum Gasteiger partial charge on any atom is -0.268 e. The van der Waals surface area contributed by atoms with E-state index in [0.717, 1.165) is 5.56 Å². The highest BCUT2D eigenvalue weighted by Gasteiger charge is 2.18. The molecule has 0 aliphatic carbocycles. The normalized spacial score (nSPS) is 10.8. The lowest BCUT2D eigenvalue weighted by molar-refractivity contribution is 0.0981. The maximum Gasteiger partial charge on any atom is 0.264 e. The van der Waals surface area contributed by atoms with Gasteiger partial charge in [0.05, 0.1) is 4.90 Å². The molecular weight excluding hydrogens is 274 g/mol. The second kappa shape index (κ2) is 5.71. The quantitative estimate of drug-likeness (QED) is 0.939. The van der Waals surface area contributed by atoms with Crippen molar-refractivity contribution < 1.29 is 13.2 Å². The Bertz CT molecular complexity index is 719. The minimum absolute atomic E-state index is 0.0346. The Kier molecular flexibility index (Phi) is 4.00. The molecule has 20 heavy (non-hydrogen) atoms. The van der Waals surface area contributed by atoms with Crippen LogP contribution >= 0.6 is 0 Å². The molecule has 0 aliphatic rings. The van der Waals surface area contributed by atoms with E-state index in [9.17, 15) is 13.2 Å². The lowest BCUT2D eigenvalue weighted by atomic mass is 10.2. The number of rotatable bonds is 4. The number of nitrogens with one attached hydrogen (secondary N) is 1. The van der Waals surface area contributed by atoms with Crippen molar-refractivity contribution in [3.8, 4) is 0 Å². The van der Waals surface area contributed by atoms with Gasteiger partial charge in [0.25, 0.3) is 15.9 Å². The summed E-state index contributed by atoms with van der Waals surface area (Å²) in [4.78, 5) is 11.9. The fraction of sp³-hybridized carbons (Fsp3) is 0. The summed E-state index contributed by atoms with van der Waals surface area (Å²) >= 11 is 0. The number of carbonyl (C=O) groups excluding carboxylic acids is 1. The summed E-state index contributed by atoms with van der Waals surface area (Å²) in [6.45, 7) is 3.59. The zero-order valence-electron chi connectivity index (χ0n) is 10.6. The molecule has 0 aromatic heterocycles. The predicted octanol–water partition coefficient (Wildman–Crippen LogP) is 2.45. The first kappa shape index (κ1) is 14.0. The number of sulfonamides is 1. The average molecular weight is 287 g/mol. The van der Waals surface area contributed by atoms with Crippen LogP contribution in [-0.4, -0.2) is 14.3 Å². The molecule has 0 fully saturated rings. The Morgan fingerprint density at radius 2 is 1.60 bits per heavy atom. The summed E-state index contributed by atoms with van der Waals surface area (Å²) in [7, 11) is -3.87. The van der Waals surface area contributed by atoms with Crippen molar-refractivity contribution in [3.05, 3.63) is 72.3 Å². The number of amides is 1. The summed E-state index contributed by atoms with van der Waals surface area (Å²) in [6, 6.07) is 14.3. The Morgan fingerprint density at radius 1 is 1.00 bits per heavy atom. The van der Waals surface area contributed by atoms with Gasteiger partial charge in [0, 0.05) is 5.56 Å². The molecule has 0 radical (unpaired) electrons. The van der Waals surface area contributed by atoms with Gasteiger partial charge >= 0.3 is 0 Å². The predicted molar refractivity (Wildman–Crippen MR) is 77.6 cm³/mol. The summed E-state index contributed by atoms with van der Waals surface area (Å²) in [5.41, 5.74) is 1.09. The maximum absolute atomic E-state index is 12.1. The van der Waals surface area contributed by atoms with Crippen molar-refractivity contribution in [1.29, 1.82) is 0 Å². The third kappa shape index (κ3) is 3.13. The third-order valence-corrected chi connectivity index (χ3v) is 4.04. The van der Waals surface area contributed by atoms with Crippen molar-refractivity contribution in [2.45, 2.75) is 4.90 Å². The van der Waals surface area contributed by atoms with Gasteiger partial charge in [-0.25, -0.2) is 13.1 Å². The van der Waals surface area contributed by atoms with Crippen LogP contribution in [0.25, 0.3) is 6.08 Å². The van der Waals surface area contributed by atoms with E-state index in [1.165, 1.54) is 12.1 Å². The van der Waals surface area contributed by atoms with E-state index in [4.69, 9.17) is 0 Å². The Labute approximate surface area is 117 Å². The molecule has 0 saturated heterocycles. The average Bonchev–Trinajstić information content (AvgIpc) is 2.48. The first-order valence-electron chi connectivity index (χ1n) is 5.87. The molecule has 0 saturated carbocycles. The van der Waals surface area contributed by atoms with Gasteiger partial charge in [-0.2, -0.15) is 0 Å². The Hall–Kier alpha value is -2.40. The molecule has 2 aromatic rings. The zero-order chi connectivity index (χ0) is 14.6. The van der Waals surface area contributed by atoms with Crippen LogP contribution in [0.3, 0.4) is 0 Å². The van der Waals surface area contributed by atoms with E-state index in [0.29, 0.717) is 5.56 Å². The molecule has 2 aromatic carbocycles. The van der Waals surface area contributed by atoms with Crippen LogP contribution in [0.2, 0.25) is 0 Å². The van der Waals surface area contributed by atoms with Crippen LogP contribution in [0.4, 0.5) is 0 Å². The van der Waals surface area contributed by atoms with Gasteiger partial charge in [-0.3, -0.25) is 4.79 Å². The van der Waals surface area contributed by atoms with Crippen LogP contribution in [0.1, 0.15) is 15.9 Å². The smallest absolute Gasteiger partial charge is 0.264 e. The highest BCUT2D eigenvalue weighted by molar-refractivity contribution is 7.90. The lowest BCUT2D eigenvalue weighted by Crippen LogP contribution is -2.30. The summed E-state index contributed by atoms with van der Waals surface area (Å²) in [5.74, 6) is -0.654. The molecule has 0 bridgehead atoms. The summed E-state index contributed by atoms with van der Waals surface area (Å²) in [5, 5.41) is 0. The topological polar surface area (TPSA) is 63.2 Å². The van der Waals surface area contributed by atoms with E-state index in [1.54, 1.807) is 48.5 Å².